The summed E-state index contributed by atoms with van der Waals surface area (Å²) in [4.78, 5) is 52.9. The van der Waals surface area contributed by atoms with Crippen molar-refractivity contribution >= 4 is 23.8 Å². The summed E-state index contributed by atoms with van der Waals surface area (Å²) in [7, 11) is 1.21. The van der Waals surface area contributed by atoms with Crippen molar-refractivity contribution in [3.05, 3.63) is 35.9 Å². The van der Waals surface area contributed by atoms with Crippen LogP contribution in [0.4, 0.5) is 0 Å². The largest absolute Gasteiger partial charge is 0.467 e. The summed E-state index contributed by atoms with van der Waals surface area (Å²) in [6, 6.07) is 8.00. The number of hydrogen-bond acceptors (Lipinski definition) is 7. The summed E-state index contributed by atoms with van der Waals surface area (Å²) in [6.07, 6.45) is 2.14. The van der Waals surface area contributed by atoms with Crippen molar-refractivity contribution in [3.8, 4) is 0 Å². The third-order valence-electron chi connectivity index (χ3n) is 6.44. The van der Waals surface area contributed by atoms with Crippen LogP contribution in [0.5, 0.6) is 0 Å². The number of likely N-dealkylation sites (tertiary alicyclic amines) is 1. The summed E-state index contributed by atoms with van der Waals surface area (Å²) in [5, 5.41) is 5.97. The fraction of sp³-hybridized carbons (Fsp3) is 0.583. The Kier molecular flexibility index (Phi) is 8.07. The zero-order valence-electron chi connectivity index (χ0n) is 19.5. The topological polar surface area (TPSA) is 114 Å². The smallest absolute Gasteiger partial charge is 0.332 e. The fourth-order valence-corrected chi connectivity index (χ4v) is 4.82. The third kappa shape index (κ3) is 5.52. The average molecular weight is 460 g/mol. The van der Waals surface area contributed by atoms with E-state index in [2.05, 4.69) is 10.6 Å². The lowest BCUT2D eigenvalue weighted by molar-refractivity contribution is -0.158. The van der Waals surface area contributed by atoms with E-state index in [0.717, 1.165) is 24.9 Å². The SMILES string of the molecule is COC(=O)[C@@H](NC(=O)C1(Cc2ccccc2)CCCN1C(=O)[C@@H]1CCCN1)[C@@H](C)OC(C)=O. The molecule has 3 rings (SSSR count). The van der Waals surface area contributed by atoms with E-state index in [-0.39, 0.29) is 11.9 Å². The van der Waals surface area contributed by atoms with Gasteiger partial charge in [-0.15, -0.1) is 0 Å². The van der Waals surface area contributed by atoms with Crippen LogP contribution in [0.3, 0.4) is 0 Å². The van der Waals surface area contributed by atoms with Gasteiger partial charge in [0.05, 0.1) is 13.2 Å². The van der Waals surface area contributed by atoms with Gasteiger partial charge in [-0.05, 0) is 44.7 Å². The van der Waals surface area contributed by atoms with Crippen LogP contribution >= 0.6 is 0 Å². The van der Waals surface area contributed by atoms with Gasteiger partial charge < -0.3 is 25.0 Å². The van der Waals surface area contributed by atoms with Crippen LogP contribution in [0.2, 0.25) is 0 Å². The molecule has 2 amide bonds. The van der Waals surface area contributed by atoms with Crippen molar-refractivity contribution < 1.29 is 28.7 Å². The molecule has 0 bridgehead atoms. The lowest BCUT2D eigenvalue weighted by Gasteiger charge is -2.39. The van der Waals surface area contributed by atoms with Crippen molar-refractivity contribution in [2.45, 2.75) is 69.7 Å². The lowest BCUT2D eigenvalue weighted by Crippen LogP contribution is -2.64. The fourth-order valence-electron chi connectivity index (χ4n) is 4.82. The molecule has 1 aromatic carbocycles. The molecule has 0 spiro atoms. The van der Waals surface area contributed by atoms with Crippen molar-refractivity contribution in [2.75, 3.05) is 20.2 Å². The van der Waals surface area contributed by atoms with Gasteiger partial charge in [-0.1, -0.05) is 30.3 Å². The van der Waals surface area contributed by atoms with Crippen molar-refractivity contribution in [3.63, 3.8) is 0 Å². The predicted molar refractivity (Wildman–Crippen MR) is 120 cm³/mol. The normalized spacial score (nSPS) is 24.1. The second-order valence-corrected chi connectivity index (χ2v) is 8.73. The first-order valence-electron chi connectivity index (χ1n) is 11.4. The molecule has 2 N–H and O–H groups in total. The van der Waals surface area contributed by atoms with Crippen LogP contribution in [0.25, 0.3) is 0 Å². The molecule has 0 aliphatic carbocycles. The molecule has 1 aromatic rings. The summed E-state index contributed by atoms with van der Waals surface area (Å²) in [5.41, 5.74) is -0.250. The molecule has 9 heteroatoms. The third-order valence-corrected chi connectivity index (χ3v) is 6.44. The minimum absolute atomic E-state index is 0.0984. The van der Waals surface area contributed by atoms with E-state index < -0.39 is 35.5 Å². The summed E-state index contributed by atoms with van der Waals surface area (Å²) in [6.45, 7) is 3.98. The number of benzene rings is 1. The molecule has 2 fully saturated rings. The first-order chi connectivity index (χ1) is 15.8. The Morgan fingerprint density at radius 3 is 2.55 bits per heavy atom. The van der Waals surface area contributed by atoms with E-state index in [4.69, 9.17) is 9.47 Å². The first-order valence-corrected chi connectivity index (χ1v) is 11.4. The highest BCUT2D eigenvalue weighted by Gasteiger charge is 2.52. The maximum absolute atomic E-state index is 13.8. The molecule has 0 saturated carbocycles. The van der Waals surface area contributed by atoms with Crippen LogP contribution in [0, 0.1) is 0 Å². The second-order valence-electron chi connectivity index (χ2n) is 8.73. The van der Waals surface area contributed by atoms with Gasteiger partial charge in [0.2, 0.25) is 11.8 Å². The number of rotatable bonds is 8. The zero-order chi connectivity index (χ0) is 24.0. The number of ether oxygens (including phenoxy) is 2. The molecule has 2 aliphatic rings. The molecular formula is C24H33N3O6. The lowest BCUT2D eigenvalue weighted by atomic mass is 9.86. The highest BCUT2D eigenvalue weighted by Crippen LogP contribution is 2.35. The molecule has 180 valence electrons. The van der Waals surface area contributed by atoms with Crippen LogP contribution < -0.4 is 10.6 Å². The Balaban J connectivity index is 1.93. The van der Waals surface area contributed by atoms with Gasteiger partial charge in [0, 0.05) is 19.9 Å². The Morgan fingerprint density at radius 1 is 1.21 bits per heavy atom. The van der Waals surface area contributed by atoms with Gasteiger partial charge in [0.15, 0.2) is 6.04 Å². The quantitative estimate of drug-likeness (QED) is 0.557. The monoisotopic (exact) mass is 459 g/mol. The predicted octanol–water partition coefficient (Wildman–Crippen LogP) is 0.952. The molecule has 0 radical (unpaired) electrons. The van der Waals surface area contributed by atoms with Crippen LogP contribution in [-0.2, 0) is 35.1 Å². The highest BCUT2D eigenvalue weighted by atomic mass is 16.6. The number of nitrogens with zero attached hydrogens (tertiary/aromatic N) is 1. The van der Waals surface area contributed by atoms with Gasteiger partial charge in [0.1, 0.15) is 11.6 Å². The van der Waals surface area contributed by atoms with Gasteiger partial charge in [-0.25, -0.2) is 4.79 Å². The summed E-state index contributed by atoms with van der Waals surface area (Å²) < 4.78 is 10.0. The van der Waals surface area contributed by atoms with Crippen LogP contribution in [-0.4, -0.2) is 72.6 Å². The molecule has 9 nitrogen and oxygen atoms in total. The summed E-state index contributed by atoms with van der Waals surface area (Å²) in [5.74, 6) is -1.85. The van der Waals surface area contributed by atoms with Gasteiger partial charge >= 0.3 is 11.9 Å². The highest BCUT2D eigenvalue weighted by molar-refractivity contribution is 5.96. The number of nitrogens with one attached hydrogen (secondary N) is 2. The summed E-state index contributed by atoms with van der Waals surface area (Å²) >= 11 is 0. The Bertz CT molecular complexity index is 870. The standard InChI is InChI=1S/C24H33N3O6/c1-16(33-17(2)28)20(22(30)32-3)26-23(31)24(15-18-9-5-4-6-10-18)12-8-14-27(24)21(29)19-11-7-13-25-19/h4-6,9-10,16,19-20,25H,7-8,11-15H2,1-3H3,(H,26,31)/t16-,19+,20+,24?/m1/s1. The maximum atomic E-state index is 13.8. The number of esters is 2. The minimum Gasteiger partial charge on any atom is -0.467 e. The van der Waals surface area contributed by atoms with E-state index in [9.17, 15) is 19.2 Å². The molecule has 1 unspecified atom stereocenters. The van der Waals surface area contributed by atoms with Crippen LogP contribution in [0.1, 0.15) is 45.1 Å². The molecular weight excluding hydrogens is 426 g/mol. The number of methoxy groups -OCH3 is 1. The van der Waals surface area contributed by atoms with Gasteiger partial charge in [-0.3, -0.25) is 14.4 Å². The number of amides is 2. The van der Waals surface area contributed by atoms with Crippen LogP contribution in [0.15, 0.2) is 30.3 Å². The molecule has 33 heavy (non-hydrogen) atoms. The van der Waals surface area contributed by atoms with Gasteiger partial charge in [0.25, 0.3) is 0 Å². The van der Waals surface area contributed by atoms with E-state index in [1.54, 1.807) is 4.90 Å². The van der Waals surface area contributed by atoms with Crippen molar-refractivity contribution in [2.24, 2.45) is 0 Å². The molecule has 2 saturated heterocycles. The van der Waals surface area contributed by atoms with Crippen molar-refractivity contribution in [1.82, 2.24) is 15.5 Å². The Morgan fingerprint density at radius 2 is 1.94 bits per heavy atom. The van der Waals surface area contributed by atoms with Crippen molar-refractivity contribution in [1.29, 1.82) is 0 Å². The number of carbonyl (C=O) groups is 4. The van der Waals surface area contributed by atoms with Gasteiger partial charge in [-0.2, -0.15) is 0 Å². The molecule has 2 heterocycles. The number of carbonyl (C=O) groups excluding carboxylic acids is 4. The van der Waals surface area contributed by atoms with E-state index in [1.165, 1.54) is 21.0 Å². The molecule has 4 atom stereocenters. The number of hydrogen-bond donors (Lipinski definition) is 2. The molecule has 0 aromatic heterocycles. The van der Waals surface area contributed by atoms with E-state index in [1.807, 2.05) is 30.3 Å². The zero-order valence-corrected chi connectivity index (χ0v) is 19.5. The first kappa shape index (κ1) is 24.7. The Hall–Kier alpha value is -2.94. The van der Waals surface area contributed by atoms with E-state index in [0.29, 0.717) is 25.8 Å². The average Bonchev–Trinajstić information content (AvgIpc) is 3.47. The Labute approximate surface area is 194 Å². The molecule has 2 aliphatic heterocycles. The maximum Gasteiger partial charge on any atom is 0.332 e. The minimum atomic E-state index is -1.19. The second kappa shape index (κ2) is 10.8. The van der Waals surface area contributed by atoms with E-state index >= 15 is 0 Å².